The highest BCUT2D eigenvalue weighted by Gasteiger charge is 2.49. The smallest absolute Gasteiger partial charge is 0.416 e. The van der Waals surface area contributed by atoms with Crippen LogP contribution in [0.3, 0.4) is 0 Å². The molecule has 2 fully saturated rings. The summed E-state index contributed by atoms with van der Waals surface area (Å²) in [5.74, 6) is -0.906. The lowest BCUT2D eigenvalue weighted by Crippen LogP contribution is -2.46. The van der Waals surface area contributed by atoms with Gasteiger partial charge in [0.15, 0.2) is 0 Å². The molecule has 0 aromatic heterocycles. The van der Waals surface area contributed by atoms with Crippen LogP contribution in [0.2, 0.25) is 0 Å². The summed E-state index contributed by atoms with van der Waals surface area (Å²) in [6.45, 7) is 5.55. The molecule has 2 atom stereocenters. The third-order valence-corrected chi connectivity index (χ3v) is 8.91. The van der Waals surface area contributed by atoms with Crippen molar-refractivity contribution in [3.8, 4) is 0 Å². The monoisotopic (exact) mass is 562 g/mol. The van der Waals surface area contributed by atoms with Crippen molar-refractivity contribution in [2.24, 2.45) is 11.3 Å². The molecule has 1 saturated heterocycles. The second-order valence-electron chi connectivity index (χ2n) is 11.5. The Bertz CT molecular complexity index is 1200. The number of likely N-dealkylation sites (tertiary alicyclic amines) is 1. The molecule has 1 aromatic carbocycles. The predicted octanol–water partition coefficient (Wildman–Crippen LogP) is 6.64. The quantitative estimate of drug-likeness (QED) is 0.299. The Labute approximate surface area is 233 Å². The number of alkyl halides is 3. The van der Waals surface area contributed by atoms with Crippen LogP contribution in [0, 0.1) is 11.3 Å². The van der Waals surface area contributed by atoms with Gasteiger partial charge in [-0.05, 0) is 86.4 Å². The van der Waals surface area contributed by atoms with Gasteiger partial charge in [0.25, 0.3) is 0 Å². The minimum absolute atomic E-state index is 0.0306. The van der Waals surface area contributed by atoms with E-state index in [0.29, 0.717) is 18.4 Å². The van der Waals surface area contributed by atoms with E-state index in [-0.39, 0.29) is 41.9 Å². The summed E-state index contributed by atoms with van der Waals surface area (Å²) in [6, 6.07) is 7.80. The van der Waals surface area contributed by atoms with Crippen LogP contribution in [0.4, 0.5) is 17.6 Å². The lowest BCUT2D eigenvalue weighted by Gasteiger charge is -2.38. The van der Waals surface area contributed by atoms with E-state index in [2.05, 4.69) is 10.2 Å². The molecule has 5 nitrogen and oxygen atoms in total. The molecule has 1 heterocycles. The van der Waals surface area contributed by atoms with E-state index in [0.717, 1.165) is 56.1 Å². The van der Waals surface area contributed by atoms with E-state index in [9.17, 15) is 27.2 Å². The fraction of sp³-hybridized carbons (Fsp3) is 0.548. The number of carbonyl (C=O) groups is 2. The molecule has 4 rings (SSSR count). The van der Waals surface area contributed by atoms with E-state index in [1.807, 2.05) is 32.0 Å². The third kappa shape index (κ3) is 6.51. The number of nitrogens with zero attached hydrogens (tertiary/aromatic N) is 1. The molecule has 0 radical (unpaired) electrons. The highest BCUT2D eigenvalue weighted by atomic mass is 19.4. The summed E-state index contributed by atoms with van der Waals surface area (Å²) < 4.78 is 58.8. The SMILES string of the molecule is COC(=O)c1ccccc1C1CCN(C2CCC(C(=O)NCC3=CC(C(F)(F)F)=CCC(F)=C3)(C(C)C)C2)CC1. The van der Waals surface area contributed by atoms with Gasteiger partial charge in [0.1, 0.15) is 5.83 Å². The Morgan fingerprint density at radius 2 is 1.82 bits per heavy atom. The maximum Gasteiger partial charge on any atom is 0.416 e. The molecule has 218 valence electrons. The van der Waals surface area contributed by atoms with E-state index in [4.69, 9.17) is 4.74 Å². The van der Waals surface area contributed by atoms with E-state index >= 15 is 0 Å². The number of rotatable bonds is 7. The predicted molar refractivity (Wildman–Crippen MR) is 145 cm³/mol. The first kappa shape index (κ1) is 30.0. The van der Waals surface area contributed by atoms with Crippen molar-refractivity contribution in [1.29, 1.82) is 0 Å². The average molecular weight is 563 g/mol. The van der Waals surface area contributed by atoms with Gasteiger partial charge in [-0.2, -0.15) is 13.2 Å². The number of benzene rings is 1. The number of esters is 1. The minimum Gasteiger partial charge on any atom is -0.465 e. The van der Waals surface area contributed by atoms with E-state index in [1.54, 1.807) is 6.07 Å². The first-order valence-electron chi connectivity index (χ1n) is 14.0. The molecule has 1 aromatic rings. The number of methoxy groups -OCH3 is 1. The zero-order chi connectivity index (χ0) is 29.1. The number of piperidine rings is 1. The van der Waals surface area contributed by atoms with Crippen molar-refractivity contribution in [3.63, 3.8) is 0 Å². The summed E-state index contributed by atoms with van der Waals surface area (Å²) in [4.78, 5) is 28.2. The molecule has 40 heavy (non-hydrogen) atoms. The molecule has 9 heteroatoms. The minimum atomic E-state index is -4.58. The van der Waals surface area contributed by atoms with Gasteiger partial charge in [0.05, 0.1) is 23.7 Å². The van der Waals surface area contributed by atoms with Gasteiger partial charge in [-0.15, -0.1) is 0 Å². The largest absolute Gasteiger partial charge is 0.465 e. The van der Waals surface area contributed by atoms with Crippen molar-refractivity contribution in [1.82, 2.24) is 10.2 Å². The molecule has 3 aliphatic rings. The van der Waals surface area contributed by atoms with Crippen molar-refractivity contribution in [3.05, 3.63) is 70.6 Å². The number of amides is 1. The summed E-state index contributed by atoms with van der Waals surface area (Å²) in [5, 5.41) is 2.84. The highest BCUT2D eigenvalue weighted by molar-refractivity contribution is 5.91. The summed E-state index contributed by atoms with van der Waals surface area (Å²) >= 11 is 0. The number of allylic oxidation sites excluding steroid dienone is 4. The second kappa shape index (κ2) is 12.3. The molecule has 0 bridgehead atoms. The van der Waals surface area contributed by atoms with Crippen LogP contribution in [0.5, 0.6) is 0 Å². The number of nitrogens with one attached hydrogen (secondary N) is 1. The van der Waals surface area contributed by atoms with Crippen LogP contribution in [0.25, 0.3) is 0 Å². The number of halogens is 4. The third-order valence-electron chi connectivity index (χ3n) is 8.91. The molecular formula is C31H38F4N2O3. The maximum atomic E-state index is 14.0. The summed E-state index contributed by atoms with van der Waals surface area (Å²) in [6.07, 6.45) is 1.81. The van der Waals surface area contributed by atoms with Crippen LogP contribution in [-0.4, -0.2) is 55.7 Å². The van der Waals surface area contributed by atoms with Gasteiger partial charge < -0.3 is 15.0 Å². The van der Waals surface area contributed by atoms with E-state index < -0.39 is 29.4 Å². The van der Waals surface area contributed by atoms with Gasteiger partial charge in [0, 0.05) is 19.0 Å². The average Bonchev–Trinajstić information content (AvgIpc) is 3.30. The summed E-state index contributed by atoms with van der Waals surface area (Å²) in [5.41, 5.74) is 0.164. The van der Waals surface area contributed by atoms with Crippen LogP contribution >= 0.6 is 0 Å². The van der Waals surface area contributed by atoms with Crippen molar-refractivity contribution in [2.75, 3.05) is 26.7 Å². The Hall–Kier alpha value is -2.94. The molecular weight excluding hydrogens is 524 g/mol. The molecule has 2 aliphatic carbocycles. The zero-order valence-electron chi connectivity index (χ0n) is 23.3. The fourth-order valence-corrected chi connectivity index (χ4v) is 6.50. The number of hydrogen-bond acceptors (Lipinski definition) is 4. The van der Waals surface area contributed by atoms with Crippen LogP contribution < -0.4 is 5.32 Å². The molecule has 2 unspecified atom stereocenters. The normalized spacial score (nSPS) is 24.7. The topological polar surface area (TPSA) is 58.6 Å². The van der Waals surface area contributed by atoms with E-state index in [1.165, 1.54) is 7.11 Å². The molecule has 0 spiro atoms. The van der Waals surface area contributed by atoms with Crippen molar-refractivity contribution >= 4 is 11.9 Å². The van der Waals surface area contributed by atoms with Crippen LogP contribution in [-0.2, 0) is 9.53 Å². The molecule has 1 amide bonds. The first-order valence-corrected chi connectivity index (χ1v) is 14.0. The Kier molecular flexibility index (Phi) is 9.22. The first-order chi connectivity index (χ1) is 18.9. The second-order valence-corrected chi connectivity index (χ2v) is 11.5. The van der Waals surface area contributed by atoms with Crippen molar-refractivity contribution < 1.29 is 31.9 Å². The lowest BCUT2D eigenvalue weighted by atomic mass is 9.74. The molecule has 1 aliphatic heterocycles. The number of hydrogen-bond donors (Lipinski definition) is 1. The Morgan fingerprint density at radius 3 is 2.48 bits per heavy atom. The zero-order valence-corrected chi connectivity index (χ0v) is 23.3. The number of ether oxygens (including phenoxy) is 1. The standard InChI is InChI=1S/C31H38F4N2O3/c1-20(2)30(29(39)36-19-21-16-23(31(33,34)35)8-9-24(32)17-21)13-10-25(18-30)37-14-11-22(12-15-37)26-6-4-5-7-27(26)28(38)40-3/h4-8,16-17,20,22,25H,9-15,18-19H2,1-3H3,(H,36,39). The molecule has 1 saturated carbocycles. The van der Waals surface area contributed by atoms with Gasteiger partial charge >= 0.3 is 12.1 Å². The highest BCUT2D eigenvalue weighted by Crippen LogP contribution is 2.47. The summed E-state index contributed by atoms with van der Waals surface area (Å²) in [7, 11) is 1.39. The van der Waals surface area contributed by atoms with Crippen molar-refractivity contribution in [2.45, 2.75) is 70.5 Å². The fourth-order valence-electron chi connectivity index (χ4n) is 6.50. The number of carbonyl (C=O) groups excluding carboxylic acids is 2. The Morgan fingerprint density at radius 1 is 1.12 bits per heavy atom. The maximum absolute atomic E-state index is 14.0. The van der Waals surface area contributed by atoms with Gasteiger partial charge in [-0.25, -0.2) is 9.18 Å². The lowest BCUT2D eigenvalue weighted by molar-refractivity contribution is -0.133. The van der Waals surface area contributed by atoms with Gasteiger partial charge in [-0.3, -0.25) is 4.79 Å². The van der Waals surface area contributed by atoms with Crippen LogP contribution in [0.1, 0.15) is 74.2 Å². The van der Waals surface area contributed by atoms with Gasteiger partial charge in [0.2, 0.25) is 5.91 Å². The van der Waals surface area contributed by atoms with Gasteiger partial charge in [-0.1, -0.05) is 38.1 Å². The molecule has 1 N–H and O–H groups in total. The van der Waals surface area contributed by atoms with Crippen LogP contribution in [0.15, 0.2) is 59.5 Å². The Balaban J connectivity index is 1.39.